The summed E-state index contributed by atoms with van der Waals surface area (Å²) in [5.41, 5.74) is 2.30. The highest BCUT2D eigenvalue weighted by Crippen LogP contribution is 2.35. The minimum absolute atomic E-state index is 0.603. The van der Waals surface area contributed by atoms with Gasteiger partial charge < -0.3 is 9.47 Å². The van der Waals surface area contributed by atoms with Crippen LogP contribution in [0.5, 0.6) is 5.75 Å². The van der Waals surface area contributed by atoms with Gasteiger partial charge in [-0.15, -0.1) is 0 Å². The molecule has 0 radical (unpaired) electrons. The van der Waals surface area contributed by atoms with Crippen molar-refractivity contribution in [2.24, 2.45) is 5.92 Å². The summed E-state index contributed by atoms with van der Waals surface area (Å²) in [4.78, 5) is 0. The van der Waals surface area contributed by atoms with E-state index >= 15 is 0 Å². The predicted octanol–water partition coefficient (Wildman–Crippen LogP) is 4.92. The Balaban J connectivity index is 1.78. The van der Waals surface area contributed by atoms with Crippen molar-refractivity contribution in [3.63, 3.8) is 0 Å². The third-order valence-electron chi connectivity index (χ3n) is 3.87. The number of para-hydroxylation sites is 1. The van der Waals surface area contributed by atoms with Gasteiger partial charge in [-0.3, -0.25) is 0 Å². The topological polar surface area (TPSA) is 18.5 Å². The van der Waals surface area contributed by atoms with Crippen LogP contribution in [0.3, 0.4) is 0 Å². The fourth-order valence-corrected chi connectivity index (χ4v) is 3.11. The van der Waals surface area contributed by atoms with E-state index in [9.17, 15) is 0 Å². The second-order valence-corrected chi connectivity index (χ2v) is 6.20. The van der Waals surface area contributed by atoms with E-state index < -0.39 is 0 Å². The molecule has 0 amide bonds. The first-order chi connectivity index (χ1) is 10.3. The van der Waals surface area contributed by atoms with Gasteiger partial charge in [0.2, 0.25) is 0 Å². The van der Waals surface area contributed by atoms with Gasteiger partial charge in [-0.25, -0.2) is 0 Å². The summed E-state index contributed by atoms with van der Waals surface area (Å²) in [5.74, 6) is 1.56. The van der Waals surface area contributed by atoms with Crippen molar-refractivity contribution in [2.45, 2.75) is 12.8 Å². The number of hydrogen-bond donors (Lipinski definition) is 0. The minimum atomic E-state index is 0.603. The van der Waals surface area contributed by atoms with Gasteiger partial charge in [-0.2, -0.15) is 0 Å². The lowest BCUT2D eigenvalue weighted by atomic mass is 10.0. The lowest BCUT2D eigenvalue weighted by Gasteiger charge is -2.23. The van der Waals surface area contributed by atoms with Crippen molar-refractivity contribution < 1.29 is 9.47 Å². The molecule has 0 saturated carbocycles. The van der Waals surface area contributed by atoms with Crippen molar-refractivity contribution in [1.82, 2.24) is 0 Å². The third-order valence-corrected chi connectivity index (χ3v) is 4.56. The molecule has 21 heavy (non-hydrogen) atoms. The zero-order valence-electron chi connectivity index (χ0n) is 11.9. The van der Waals surface area contributed by atoms with Gasteiger partial charge in [0.25, 0.3) is 0 Å². The van der Waals surface area contributed by atoms with Gasteiger partial charge in [-0.1, -0.05) is 52.3 Å². The molecule has 2 aromatic rings. The van der Waals surface area contributed by atoms with E-state index in [4.69, 9.17) is 9.47 Å². The smallest absolute Gasteiger partial charge is 0.127 e. The first-order valence-electron chi connectivity index (χ1n) is 7.39. The number of hydrogen-bond acceptors (Lipinski definition) is 2. The predicted molar refractivity (Wildman–Crippen MR) is 88.6 cm³/mol. The van der Waals surface area contributed by atoms with Gasteiger partial charge in [0.1, 0.15) is 5.75 Å². The van der Waals surface area contributed by atoms with Crippen LogP contribution in [0.25, 0.3) is 11.1 Å². The number of halogens is 1. The number of ether oxygens (including phenoxy) is 2. The molecule has 0 aliphatic carbocycles. The van der Waals surface area contributed by atoms with E-state index in [-0.39, 0.29) is 0 Å². The average Bonchev–Trinajstić information content (AvgIpc) is 2.55. The van der Waals surface area contributed by atoms with Crippen LogP contribution in [0.4, 0.5) is 0 Å². The molecular weight excluding hydrogens is 328 g/mol. The Morgan fingerprint density at radius 3 is 2.38 bits per heavy atom. The zero-order valence-corrected chi connectivity index (χ0v) is 13.5. The minimum Gasteiger partial charge on any atom is -0.493 e. The van der Waals surface area contributed by atoms with E-state index in [1.165, 1.54) is 5.56 Å². The quantitative estimate of drug-likeness (QED) is 0.781. The highest BCUT2D eigenvalue weighted by atomic mass is 79.9. The molecule has 3 heteroatoms. The Morgan fingerprint density at radius 1 is 0.952 bits per heavy atom. The Bertz CT molecular complexity index is 591. The maximum absolute atomic E-state index is 6.11. The van der Waals surface area contributed by atoms with E-state index in [0.29, 0.717) is 5.92 Å². The fraction of sp³-hybridized carbons (Fsp3) is 0.333. The van der Waals surface area contributed by atoms with E-state index in [1.807, 2.05) is 18.2 Å². The molecule has 2 aromatic carbocycles. The Hall–Kier alpha value is -1.32. The SMILES string of the molecule is Brc1ccccc1-c1ccccc1OCC1CCOCC1. The van der Waals surface area contributed by atoms with E-state index in [1.54, 1.807) is 0 Å². The van der Waals surface area contributed by atoms with Crippen LogP contribution in [0.15, 0.2) is 53.0 Å². The van der Waals surface area contributed by atoms with Gasteiger partial charge in [0, 0.05) is 23.2 Å². The Labute approximate surface area is 134 Å². The molecule has 0 atom stereocenters. The highest BCUT2D eigenvalue weighted by molar-refractivity contribution is 9.10. The average molecular weight is 347 g/mol. The summed E-state index contributed by atoms with van der Waals surface area (Å²) in [6, 6.07) is 16.5. The molecule has 110 valence electrons. The van der Waals surface area contributed by atoms with Gasteiger partial charge in [-0.05, 0) is 36.5 Å². The summed E-state index contributed by atoms with van der Waals surface area (Å²) in [6.07, 6.45) is 2.19. The molecule has 2 nitrogen and oxygen atoms in total. The van der Waals surface area contributed by atoms with Gasteiger partial charge in [0.05, 0.1) is 6.61 Å². The third kappa shape index (κ3) is 3.66. The normalized spacial score (nSPS) is 15.9. The molecule has 0 bridgehead atoms. The molecule has 1 fully saturated rings. The second-order valence-electron chi connectivity index (χ2n) is 5.34. The largest absolute Gasteiger partial charge is 0.493 e. The maximum atomic E-state index is 6.11. The van der Waals surface area contributed by atoms with Crippen molar-refractivity contribution >= 4 is 15.9 Å². The Morgan fingerprint density at radius 2 is 1.62 bits per heavy atom. The molecular formula is C18H19BrO2. The lowest BCUT2D eigenvalue weighted by Crippen LogP contribution is -2.21. The Kier molecular flexibility index (Phi) is 4.94. The van der Waals surface area contributed by atoms with Crippen LogP contribution in [-0.2, 0) is 4.74 Å². The summed E-state index contributed by atoms with van der Waals surface area (Å²) < 4.78 is 12.6. The monoisotopic (exact) mass is 346 g/mol. The second kappa shape index (κ2) is 7.10. The van der Waals surface area contributed by atoms with Crippen molar-refractivity contribution in [3.8, 4) is 16.9 Å². The van der Waals surface area contributed by atoms with E-state index in [0.717, 1.165) is 48.4 Å². The summed E-state index contributed by atoms with van der Waals surface area (Å²) in [7, 11) is 0. The maximum Gasteiger partial charge on any atom is 0.127 e. The van der Waals surface area contributed by atoms with Crippen molar-refractivity contribution in [2.75, 3.05) is 19.8 Å². The standard InChI is InChI=1S/C18H19BrO2/c19-17-7-3-1-5-15(17)16-6-2-4-8-18(16)21-13-14-9-11-20-12-10-14/h1-8,14H,9-13H2. The highest BCUT2D eigenvalue weighted by Gasteiger charge is 2.16. The number of rotatable bonds is 4. The molecule has 0 unspecified atom stereocenters. The van der Waals surface area contributed by atoms with Crippen LogP contribution < -0.4 is 4.74 Å². The van der Waals surface area contributed by atoms with Crippen LogP contribution >= 0.6 is 15.9 Å². The summed E-state index contributed by atoms with van der Waals surface area (Å²) in [5, 5.41) is 0. The van der Waals surface area contributed by atoms with Gasteiger partial charge in [0.15, 0.2) is 0 Å². The van der Waals surface area contributed by atoms with E-state index in [2.05, 4.69) is 46.3 Å². The molecule has 0 aromatic heterocycles. The van der Waals surface area contributed by atoms with Crippen molar-refractivity contribution in [3.05, 3.63) is 53.0 Å². The molecule has 1 saturated heterocycles. The van der Waals surface area contributed by atoms with Crippen LogP contribution in [0.2, 0.25) is 0 Å². The van der Waals surface area contributed by atoms with Gasteiger partial charge >= 0.3 is 0 Å². The molecule has 0 N–H and O–H groups in total. The molecule has 1 aliphatic heterocycles. The van der Waals surface area contributed by atoms with Crippen LogP contribution in [-0.4, -0.2) is 19.8 Å². The lowest BCUT2D eigenvalue weighted by molar-refractivity contribution is 0.0498. The number of benzene rings is 2. The zero-order chi connectivity index (χ0) is 14.5. The summed E-state index contributed by atoms with van der Waals surface area (Å²) in [6.45, 7) is 2.49. The molecule has 0 spiro atoms. The fourth-order valence-electron chi connectivity index (χ4n) is 2.62. The molecule has 1 heterocycles. The molecule has 1 aliphatic rings. The van der Waals surface area contributed by atoms with Crippen LogP contribution in [0, 0.1) is 5.92 Å². The molecule has 3 rings (SSSR count). The van der Waals surface area contributed by atoms with Crippen molar-refractivity contribution in [1.29, 1.82) is 0 Å². The summed E-state index contributed by atoms with van der Waals surface area (Å²) >= 11 is 3.62. The first-order valence-corrected chi connectivity index (χ1v) is 8.18. The first kappa shape index (κ1) is 14.6. The van der Waals surface area contributed by atoms with Crippen LogP contribution in [0.1, 0.15) is 12.8 Å².